The maximum atomic E-state index is 13.8. The number of hydrogen-bond donors (Lipinski definition) is 1. The molecule has 2 aromatic heterocycles. The molecule has 0 radical (unpaired) electrons. The Morgan fingerprint density at radius 3 is 2.63 bits per heavy atom. The molecule has 2 heterocycles. The quantitative estimate of drug-likeness (QED) is 0.726. The first-order chi connectivity index (χ1) is 13.0. The van der Waals surface area contributed by atoms with Crippen LogP contribution in [0.2, 0.25) is 0 Å². The first-order valence-corrected chi connectivity index (χ1v) is 8.54. The van der Waals surface area contributed by atoms with Gasteiger partial charge >= 0.3 is 0 Å². The van der Waals surface area contributed by atoms with E-state index in [4.69, 9.17) is 0 Å². The number of carbonyl (C=O) groups excluding carboxylic acids is 1. The van der Waals surface area contributed by atoms with Crippen molar-refractivity contribution >= 4 is 17.5 Å². The average molecular weight is 365 g/mol. The van der Waals surface area contributed by atoms with Gasteiger partial charge in [0.25, 0.3) is 5.91 Å². The lowest BCUT2D eigenvalue weighted by Gasteiger charge is -2.18. The SMILES string of the molecule is Cc1cc(C(=O)Nc2ccccc2F)nc(N(C)CCc2ccncc2)n1. The first kappa shape index (κ1) is 18.4. The van der Waals surface area contributed by atoms with E-state index >= 15 is 0 Å². The molecule has 27 heavy (non-hydrogen) atoms. The Hall–Kier alpha value is -3.35. The molecule has 3 rings (SSSR count). The van der Waals surface area contributed by atoms with E-state index in [0.717, 1.165) is 12.0 Å². The van der Waals surface area contributed by atoms with Crippen LogP contribution in [0, 0.1) is 12.7 Å². The highest BCUT2D eigenvalue weighted by Crippen LogP contribution is 2.15. The number of amides is 1. The summed E-state index contributed by atoms with van der Waals surface area (Å²) in [6, 6.07) is 11.5. The summed E-state index contributed by atoms with van der Waals surface area (Å²) in [4.78, 5) is 27.1. The molecule has 0 saturated heterocycles. The van der Waals surface area contributed by atoms with Crippen molar-refractivity contribution in [3.63, 3.8) is 0 Å². The number of para-hydroxylation sites is 1. The number of nitrogens with zero attached hydrogens (tertiary/aromatic N) is 4. The van der Waals surface area contributed by atoms with Crippen LogP contribution in [-0.4, -0.2) is 34.5 Å². The molecule has 6 nitrogen and oxygen atoms in total. The topological polar surface area (TPSA) is 71.0 Å². The van der Waals surface area contributed by atoms with Gasteiger partial charge in [-0.05, 0) is 49.2 Å². The van der Waals surface area contributed by atoms with Gasteiger partial charge in [-0.1, -0.05) is 12.1 Å². The summed E-state index contributed by atoms with van der Waals surface area (Å²) in [6.07, 6.45) is 4.31. The van der Waals surface area contributed by atoms with Crippen LogP contribution in [0.15, 0.2) is 54.9 Å². The number of aryl methyl sites for hydroxylation is 1. The number of likely N-dealkylation sites (N-methyl/N-ethyl adjacent to an activating group) is 1. The lowest BCUT2D eigenvalue weighted by Crippen LogP contribution is -2.25. The molecule has 0 saturated carbocycles. The van der Waals surface area contributed by atoms with Crippen LogP contribution in [0.3, 0.4) is 0 Å². The van der Waals surface area contributed by atoms with E-state index in [2.05, 4.69) is 20.3 Å². The summed E-state index contributed by atoms with van der Waals surface area (Å²) < 4.78 is 13.8. The van der Waals surface area contributed by atoms with Gasteiger partial charge in [0.2, 0.25) is 5.95 Å². The number of hydrogen-bond acceptors (Lipinski definition) is 5. The summed E-state index contributed by atoms with van der Waals surface area (Å²) in [7, 11) is 1.87. The van der Waals surface area contributed by atoms with Gasteiger partial charge in [0.15, 0.2) is 0 Å². The molecule has 1 amide bonds. The Morgan fingerprint density at radius 1 is 1.15 bits per heavy atom. The molecule has 0 atom stereocenters. The van der Waals surface area contributed by atoms with Crippen LogP contribution in [0.25, 0.3) is 0 Å². The van der Waals surface area contributed by atoms with Gasteiger partial charge in [0, 0.05) is 31.7 Å². The molecule has 1 aromatic carbocycles. The molecular formula is C20H20FN5O. The Balaban J connectivity index is 1.73. The van der Waals surface area contributed by atoms with E-state index in [1.54, 1.807) is 37.5 Å². The van der Waals surface area contributed by atoms with Crippen molar-refractivity contribution < 1.29 is 9.18 Å². The highest BCUT2D eigenvalue weighted by Gasteiger charge is 2.14. The molecule has 0 fully saturated rings. The molecule has 138 valence electrons. The molecule has 1 N–H and O–H groups in total. The van der Waals surface area contributed by atoms with Crippen LogP contribution in [0.1, 0.15) is 21.7 Å². The van der Waals surface area contributed by atoms with Gasteiger partial charge in [-0.25, -0.2) is 14.4 Å². The van der Waals surface area contributed by atoms with Crippen molar-refractivity contribution in [1.29, 1.82) is 0 Å². The number of halogens is 1. The number of aromatic nitrogens is 3. The number of nitrogens with one attached hydrogen (secondary N) is 1. The lowest BCUT2D eigenvalue weighted by molar-refractivity contribution is 0.102. The van der Waals surface area contributed by atoms with Gasteiger partial charge in [0.1, 0.15) is 11.5 Å². The Bertz CT molecular complexity index is 933. The average Bonchev–Trinajstić information content (AvgIpc) is 2.68. The fraction of sp³-hybridized carbons (Fsp3) is 0.200. The predicted molar refractivity (Wildman–Crippen MR) is 102 cm³/mol. The smallest absolute Gasteiger partial charge is 0.274 e. The third kappa shape index (κ3) is 4.84. The predicted octanol–water partition coefficient (Wildman–Crippen LogP) is 3.25. The summed E-state index contributed by atoms with van der Waals surface area (Å²) in [6.45, 7) is 2.48. The first-order valence-electron chi connectivity index (χ1n) is 8.54. The number of carbonyl (C=O) groups is 1. The fourth-order valence-corrected chi connectivity index (χ4v) is 2.54. The van der Waals surface area contributed by atoms with Crippen molar-refractivity contribution in [2.45, 2.75) is 13.3 Å². The van der Waals surface area contributed by atoms with Crippen LogP contribution in [0.5, 0.6) is 0 Å². The minimum atomic E-state index is -0.494. The zero-order valence-corrected chi connectivity index (χ0v) is 15.2. The number of anilines is 2. The molecule has 7 heteroatoms. The summed E-state index contributed by atoms with van der Waals surface area (Å²) in [5.74, 6) is -0.525. The largest absolute Gasteiger partial charge is 0.344 e. The molecule has 0 unspecified atom stereocenters. The van der Waals surface area contributed by atoms with Crippen LogP contribution < -0.4 is 10.2 Å². The van der Waals surface area contributed by atoms with Crippen LogP contribution in [0.4, 0.5) is 16.0 Å². The molecule has 0 aliphatic rings. The van der Waals surface area contributed by atoms with E-state index in [9.17, 15) is 9.18 Å². The molecule has 0 bridgehead atoms. The van der Waals surface area contributed by atoms with Gasteiger partial charge in [-0.3, -0.25) is 9.78 Å². The number of pyridine rings is 1. The maximum absolute atomic E-state index is 13.8. The van der Waals surface area contributed by atoms with E-state index in [1.807, 2.05) is 24.1 Å². The van der Waals surface area contributed by atoms with Crippen molar-refractivity contribution in [2.75, 3.05) is 23.8 Å². The van der Waals surface area contributed by atoms with Crippen LogP contribution >= 0.6 is 0 Å². The second kappa shape index (κ2) is 8.35. The molecule has 3 aromatic rings. The van der Waals surface area contributed by atoms with Crippen molar-refractivity contribution in [3.8, 4) is 0 Å². The van der Waals surface area contributed by atoms with Crippen molar-refractivity contribution in [1.82, 2.24) is 15.0 Å². The monoisotopic (exact) mass is 365 g/mol. The standard InChI is InChI=1S/C20H20FN5O/c1-14-13-18(19(27)24-17-6-4-3-5-16(17)21)25-20(23-14)26(2)12-9-15-7-10-22-11-8-15/h3-8,10-11,13H,9,12H2,1-2H3,(H,24,27). The maximum Gasteiger partial charge on any atom is 0.274 e. The third-order valence-electron chi connectivity index (χ3n) is 4.02. The summed E-state index contributed by atoms with van der Waals surface area (Å²) in [5, 5.41) is 2.55. The number of benzene rings is 1. The van der Waals surface area contributed by atoms with Gasteiger partial charge in [0.05, 0.1) is 5.69 Å². The van der Waals surface area contributed by atoms with Gasteiger partial charge < -0.3 is 10.2 Å². The number of rotatable bonds is 6. The van der Waals surface area contributed by atoms with E-state index in [-0.39, 0.29) is 11.4 Å². The summed E-state index contributed by atoms with van der Waals surface area (Å²) >= 11 is 0. The van der Waals surface area contributed by atoms with Crippen molar-refractivity contribution in [3.05, 3.63) is 77.6 Å². The van der Waals surface area contributed by atoms with E-state index in [0.29, 0.717) is 18.2 Å². The molecular weight excluding hydrogens is 345 g/mol. The zero-order valence-electron chi connectivity index (χ0n) is 15.2. The minimum Gasteiger partial charge on any atom is -0.344 e. The van der Waals surface area contributed by atoms with E-state index in [1.165, 1.54) is 12.1 Å². The third-order valence-corrected chi connectivity index (χ3v) is 4.02. The second-order valence-electron chi connectivity index (χ2n) is 6.16. The molecule has 0 aliphatic carbocycles. The zero-order chi connectivity index (χ0) is 19.2. The Morgan fingerprint density at radius 2 is 1.89 bits per heavy atom. The van der Waals surface area contributed by atoms with Crippen molar-refractivity contribution in [2.24, 2.45) is 0 Å². The normalized spacial score (nSPS) is 10.5. The minimum absolute atomic E-state index is 0.117. The highest BCUT2D eigenvalue weighted by atomic mass is 19.1. The molecule has 0 aliphatic heterocycles. The molecule has 0 spiro atoms. The highest BCUT2D eigenvalue weighted by molar-refractivity contribution is 6.03. The Labute approximate surface area is 157 Å². The van der Waals surface area contributed by atoms with E-state index < -0.39 is 11.7 Å². The van der Waals surface area contributed by atoms with Gasteiger partial charge in [-0.15, -0.1) is 0 Å². The fourth-order valence-electron chi connectivity index (χ4n) is 2.54. The van der Waals surface area contributed by atoms with Crippen LogP contribution in [-0.2, 0) is 6.42 Å². The van der Waals surface area contributed by atoms with Gasteiger partial charge in [-0.2, -0.15) is 0 Å². The summed E-state index contributed by atoms with van der Waals surface area (Å²) in [5.41, 5.74) is 2.12. The second-order valence-corrected chi connectivity index (χ2v) is 6.16. The lowest BCUT2D eigenvalue weighted by atomic mass is 10.2. The Kier molecular flexibility index (Phi) is 5.71.